The summed E-state index contributed by atoms with van der Waals surface area (Å²) in [5.74, 6) is 0.771. The van der Waals surface area contributed by atoms with Gasteiger partial charge in [-0.05, 0) is 96.9 Å². The molecule has 1 unspecified atom stereocenters. The van der Waals surface area contributed by atoms with E-state index >= 15 is 0 Å². The fourth-order valence-corrected chi connectivity index (χ4v) is 7.71. The van der Waals surface area contributed by atoms with E-state index in [-0.39, 0.29) is 5.60 Å². The Kier molecular flexibility index (Phi) is 25.7. The number of allylic oxidation sites excluding steroid dienone is 8. The molecule has 2 rings (SSSR count). The Morgan fingerprint density at radius 2 is 0.957 bits per heavy atom. The molecule has 0 aromatic heterocycles. The molecule has 0 saturated carbocycles. The molecule has 2 aliphatic heterocycles. The fourth-order valence-electron chi connectivity index (χ4n) is 7.71. The standard InChI is InChI=1S/C44H79NO/c1-4-6-8-10-12-14-16-18-20-22-24-26-28-30-32-34-37-44(40-42-41-45(3)39-36-43(42)46-44)38-35-33-31-29-27-25-23-21-19-17-15-13-11-9-7-5-2/h12-15,18-21,42-43H,4-11,16-17,22-41H2,1-3H3/b14-12-,15-13-,20-18-,21-19-/t42-,43?/m1/s1. The van der Waals surface area contributed by atoms with Gasteiger partial charge in [-0.3, -0.25) is 0 Å². The number of ether oxygens (including phenoxy) is 1. The van der Waals surface area contributed by atoms with Crippen LogP contribution >= 0.6 is 0 Å². The predicted molar refractivity (Wildman–Crippen MR) is 206 cm³/mol. The van der Waals surface area contributed by atoms with Crippen molar-refractivity contribution in [1.82, 2.24) is 4.90 Å². The highest BCUT2D eigenvalue weighted by Crippen LogP contribution is 2.45. The number of fused-ring (bicyclic) bond motifs is 1. The van der Waals surface area contributed by atoms with Gasteiger partial charge in [0.15, 0.2) is 0 Å². The minimum Gasteiger partial charge on any atom is -0.371 e. The molecule has 46 heavy (non-hydrogen) atoms. The molecule has 0 aromatic carbocycles. The van der Waals surface area contributed by atoms with Crippen LogP contribution in [0.5, 0.6) is 0 Å². The van der Waals surface area contributed by atoms with Gasteiger partial charge in [-0.15, -0.1) is 0 Å². The highest BCUT2D eigenvalue weighted by Gasteiger charge is 2.46. The second kappa shape index (κ2) is 28.9. The smallest absolute Gasteiger partial charge is 0.0690 e. The molecule has 2 aliphatic rings. The third-order valence-corrected chi connectivity index (χ3v) is 10.6. The molecule has 2 fully saturated rings. The molecular weight excluding hydrogens is 558 g/mol. The molecular formula is C44H79NO. The summed E-state index contributed by atoms with van der Waals surface area (Å²) in [6.45, 7) is 7.02. The van der Waals surface area contributed by atoms with Gasteiger partial charge in [-0.25, -0.2) is 0 Å². The van der Waals surface area contributed by atoms with Crippen LogP contribution in [0, 0.1) is 5.92 Å². The summed E-state index contributed by atoms with van der Waals surface area (Å²) < 4.78 is 7.00. The van der Waals surface area contributed by atoms with Crippen LogP contribution in [-0.2, 0) is 4.74 Å². The first-order valence-corrected chi connectivity index (χ1v) is 20.7. The van der Waals surface area contributed by atoms with E-state index in [0.29, 0.717) is 6.10 Å². The predicted octanol–water partition coefficient (Wildman–Crippen LogP) is 13.9. The highest BCUT2D eigenvalue weighted by atomic mass is 16.5. The number of rotatable bonds is 30. The van der Waals surface area contributed by atoms with Crippen LogP contribution < -0.4 is 0 Å². The minimum atomic E-state index is 0.186. The average molecular weight is 638 g/mol. The summed E-state index contributed by atoms with van der Waals surface area (Å²) in [7, 11) is 2.31. The molecule has 2 saturated heterocycles. The van der Waals surface area contributed by atoms with Gasteiger partial charge in [0.2, 0.25) is 0 Å². The molecule has 0 spiro atoms. The first kappa shape index (κ1) is 41.1. The number of hydrogen-bond acceptors (Lipinski definition) is 2. The molecule has 0 aliphatic carbocycles. The van der Waals surface area contributed by atoms with Crippen LogP contribution in [0.1, 0.15) is 194 Å². The quantitative estimate of drug-likeness (QED) is 0.0574. The van der Waals surface area contributed by atoms with E-state index in [9.17, 15) is 0 Å². The maximum absolute atomic E-state index is 7.00. The summed E-state index contributed by atoms with van der Waals surface area (Å²) in [5.41, 5.74) is 0.186. The molecule has 0 aromatic rings. The summed E-state index contributed by atoms with van der Waals surface area (Å²) in [5, 5.41) is 0. The number of hydrogen-bond donors (Lipinski definition) is 0. The van der Waals surface area contributed by atoms with Crippen molar-refractivity contribution in [2.75, 3.05) is 20.1 Å². The van der Waals surface area contributed by atoms with Crippen molar-refractivity contribution >= 4 is 0 Å². The van der Waals surface area contributed by atoms with Crippen molar-refractivity contribution in [2.45, 2.75) is 205 Å². The van der Waals surface area contributed by atoms with Crippen molar-refractivity contribution in [1.29, 1.82) is 0 Å². The normalized spacial score (nSPS) is 20.3. The zero-order valence-electron chi connectivity index (χ0n) is 31.3. The van der Waals surface area contributed by atoms with Crippen LogP contribution in [0.2, 0.25) is 0 Å². The van der Waals surface area contributed by atoms with Gasteiger partial charge < -0.3 is 9.64 Å². The van der Waals surface area contributed by atoms with E-state index in [1.807, 2.05) is 0 Å². The second-order valence-corrected chi connectivity index (χ2v) is 15.0. The Morgan fingerprint density at radius 1 is 0.543 bits per heavy atom. The van der Waals surface area contributed by atoms with Crippen molar-refractivity contribution in [3.05, 3.63) is 48.6 Å². The molecule has 266 valence electrons. The van der Waals surface area contributed by atoms with Gasteiger partial charge >= 0.3 is 0 Å². The number of piperidine rings is 1. The van der Waals surface area contributed by atoms with E-state index in [1.165, 1.54) is 180 Å². The summed E-state index contributed by atoms with van der Waals surface area (Å²) in [6.07, 6.45) is 56.6. The van der Waals surface area contributed by atoms with E-state index in [2.05, 4.69) is 74.4 Å². The van der Waals surface area contributed by atoms with Crippen LogP contribution in [-0.4, -0.2) is 36.7 Å². The van der Waals surface area contributed by atoms with E-state index in [0.717, 1.165) is 18.8 Å². The van der Waals surface area contributed by atoms with Crippen LogP contribution in [0.3, 0.4) is 0 Å². The lowest BCUT2D eigenvalue weighted by atomic mass is 9.82. The Labute approximate surface area is 289 Å². The third kappa shape index (κ3) is 21.0. The van der Waals surface area contributed by atoms with Gasteiger partial charge in [-0.1, -0.05) is 152 Å². The Morgan fingerprint density at radius 3 is 1.41 bits per heavy atom. The van der Waals surface area contributed by atoms with E-state index in [1.54, 1.807) is 0 Å². The Hall–Kier alpha value is -1.12. The third-order valence-electron chi connectivity index (χ3n) is 10.6. The largest absolute Gasteiger partial charge is 0.371 e. The molecule has 2 nitrogen and oxygen atoms in total. The van der Waals surface area contributed by atoms with Crippen molar-refractivity contribution in [3.63, 3.8) is 0 Å². The lowest BCUT2D eigenvalue weighted by Crippen LogP contribution is -2.38. The molecule has 0 N–H and O–H groups in total. The van der Waals surface area contributed by atoms with Gasteiger partial charge in [0.05, 0.1) is 11.7 Å². The first-order valence-electron chi connectivity index (χ1n) is 20.7. The number of nitrogens with zero attached hydrogens (tertiary/aromatic N) is 1. The fraction of sp³-hybridized carbons (Fsp3) is 0.818. The number of likely N-dealkylation sites (tertiary alicyclic amines) is 1. The lowest BCUT2D eigenvalue weighted by Gasteiger charge is -2.31. The zero-order chi connectivity index (χ0) is 32.8. The van der Waals surface area contributed by atoms with E-state index < -0.39 is 0 Å². The number of unbranched alkanes of at least 4 members (excludes halogenated alkanes) is 18. The summed E-state index contributed by atoms with van der Waals surface area (Å²) in [6, 6.07) is 0. The molecule has 2 atom stereocenters. The summed E-state index contributed by atoms with van der Waals surface area (Å²) >= 11 is 0. The van der Waals surface area contributed by atoms with Crippen LogP contribution in [0.15, 0.2) is 48.6 Å². The Bertz CT molecular complexity index is 746. The maximum Gasteiger partial charge on any atom is 0.0690 e. The zero-order valence-corrected chi connectivity index (χ0v) is 31.3. The van der Waals surface area contributed by atoms with Crippen molar-refractivity contribution in [2.24, 2.45) is 5.92 Å². The van der Waals surface area contributed by atoms with Gasteiger partial charge in [0.25, 0.3) is 0 Å². The second-order valence-electron chi connectivity index (χ2n) is 15.0. The van der Waals surface area contributed by atoms with Gasteiger partial charge in [0.1, 0.15) is 0 Å². The highest BCUT2D eigenvalue weighted by molar-refractivity contribution is 4.97. The van der Waals surface area contributed by atoms with Gasteiger partial charge in [0, 0.05) is 19.0 Å². The molecule has 2 heterocycles. The SMILES string of the molecule is CCCCC/C=C\C/C=C\CCCCCCCCC1(CCCCCCCC/C=C\C/C=C\CCCCC)C[C@@H]2CN(C)CCC2O1. The molecule has 0 radical (unpaired) electrons. The van der Waals surface area contributed by atoms with Crippen molar-refractivity contribution < 1.29 is 4.74 Å². The lowest BCUT2D eigenvalue weighted by molar-refractivity contribution is -0.0690. The van der Waals surface area contributed by atoms with Crippen molar-refractivity contribution in [3.8, 4) is 0 Å². The monoisotopic (exact) mass is 638 g/mol. The average Bonchev–Trinajstić information content (AvgIpc) is 3.41. The summed E-state index contributed by atoms with van der Waals surface area (Å²) in [4.78, 5) is 2.54. The molecule has 0 bridgehead atoms. The molecule has 2 heteroatoms. The minimum absolute atomic E-state index is 0.186. The molecule has 0 amide bonds. The Balaban J connectivity index is 1.53. The van der Waals surface area contributed by atoms with Crippen LogP contribution in [0.4, 0.5) is 0 Å². The topological polar surface area (TPSA) is 12.5 Å². The van der Waals surface area contributed by atoms with Gasteiger partial charge in [-0.2, -0.15) is 0 Å². The van der Waals surface area contributed by atoms with Crippen LogP contribution in [0.25, 0.3) is 0 Å². The first-order chi connectivity index (χ1) is 22.7. The van der Waals surface area contributed by atoms with E-state index in [4.69, 9.17) is 4.74 Å². The maximum atomic E-state index is 7.00.